The first-order valence-corrected chi connectivity index (χ1v) is 9.68. The summed E-state index contributed by atoms with van der Waals surface area (Å²) < 4.78 is 40.5. The van der Waals surface area contributed by atoms with Gasteiger partial charge in [-0.25, -0.2) is 23.1 Å². The second-order valence-electron chi connectivity index (χ2n) is 6.72. The number of nitrogens with one attached hydrogen (secondary N) is 2. The summed E-state index contributed by atoms with van der Waals surface area (Å²) in [7, 11) is 0. The molecule has 7 nitrogen and oxygen atoms in total. The number of pyridine rings is 2. The summed E-state index contributed by atoms with van der Waals surface area (Å²) in [6.07, 6.45) is 3.63. The first-order chi connectivity index (χ1) is 14.9. The van der Waals surface area contributed by atoms with Crippen LogP contribution in [0.1, 0.15) is 18.9 Å². The van der Waals surface area contributed by atoms with Crippen molar-refractivity contribution in [2.45, 2.75) is 25.8 Å². The molecule has 0 unspecified atom stereocenters. The molecule has 0 fully saturated rings. The number of hydrogen-bond donors (Lipinski definition) is 3. The number of anilines is 2. The summed E-state index contributed by atoms with van der Waals surface area (Å²) in [5.41, 5.74) is 8.91. The summed E-state index contributed by atoms with van der Waals surface area (Å²) in [6.45, 7) is 0.746. The van der Waals surface area contributed by atoms with Crippen LogP contribution in [-0.4, -0.2) is 28.8 Å². The van der Waals surface area contributed by atoms with Crippen molar-refractivity contribution in [3.05, 3.63) is 58.9 Å². The van der Waals surface area contributed by atoms with Crippen LogP contribution in [0.3, 0.4) is 0 Å². The molecule has 164 valence electrons. The third kappa shape index (κ3) is 5.96. The van der Waals surface area contributed by atoms with E-state index in [0.717, 1.165) is 11.5 Å². The number of aromatic nitrogens is 2. The summed E-state index contributed by atoms with van der Waals surface area (Å²) >= 11 is 5.97. The molecule has 0 radical (unpaired) electrons. The van der Waals surface area contributed by atoms with Gasteiger partial charge in [-0.2, -0.15) is 5.48 Å². The van der Waals surface area contributed by atoms with Crippen molar-refractivity contribution in [1.82, 2.24) is 15.4 Å². The Bertz CT molecular complexity index is 1100. The van der Waals surface area contributed by atoms with E-state index in [9.17, 15) is 13.2 Å². The quantitative estimate of drug-likeness (QED) is 0.203. The zero-order chi connectivity index (χ0) is 22.4. The average molecular weight is 453 g/mol. The summed E-state index contributed by atoms with van der Waals surface area (Å²) in [6, 6.07) is 5.39. The molecule has 0 saturated carbocycles. The van der Waals surface area contributed by atoms with Gasteiger partial charge in [0, 0.05) is 35.6 Å². The Morgan fingerprint density at radius 2 is 2.10 bits per heavy atom. The number of nitrogens with zero attached hydrogens (tertiary/aromatic N) is 3. The molecule has 0 bridgehead atoms. The van der Waals surface area contributed by atoms with Gasteiger partial charge in [-0.05, 0) is 43.5 Å². The third-order valence-corrected chi connectivity index (χ3v) is 4.57. The second kappa shape index (κ2) is 10.3. The normalized spacial score (nSPS) is 12.7. The van der Waals surface area contributed by atoms with Gasteiger partial charge >= 0.3 is 6.02 Å². The number of nitrogens with two attached hydrogens (primary N) is 1. The molecule has 11 heteroatoms. The van der Waals surface area contributed by atoms with E-state index in [2.05, 4.69) is 25.8 Å². The zero-order valence-electron chi connectivity index (χ0n) is 16.5. The first-order valence-electron chi connectivity index (χ1n) is 9.31. The van der Waals surface area contributed by atoms with Crippen LogP contribution in [-0.2, 0) is 11.3 Å². The van der Waals surface area contributed by atoms with Crippen molar-refractivity contribution in [2.75, 3.05) is 12.1 Å². The van der Waals surface area contributed by atoms with Gasteiger partial charge in [-0.15, -0.1) is 0 Å². The fourth-order valence-corrected chi connectivity index (χ4v) is 3.01. The van der Waals surface area contributed by atoms with E-state index >= 15 is 0 Å². The number of aliphatic imine (C=N–C) groups is 1. The average Bonchev–Trinajstić information content (AvgIpc) is 2.74. The highest BCUT2D eigenvalue weighted by Crippen LogP contribution is 2.27. The van der Waals surface area contributed by atoms with Crippen molar-refractivity contribution in [2.24, 2.45) is 10.7 Å². The minimum atomic E-state index is -1.000. The molecule has 1 atom stereocenters. The van der Waals surface area contributed by atoms with Gasteiger partial charge in [-0.3, -0.25) is 4.98 Å². The number of hydroxylamine groups is 1. The fourth-order valence-electron chi connectivity index (χ4n) is 2.84. The molecular weight excluding hydrogens is 433 g/mol. The van der Waals surface area contributed by atoms with Crippen molar-refractivity contribution in [3.8, 4) is 0 Å². The van der Waals surface area contributed by atoms with Crippen molar-refractivity contribution in [1.29, 1.82) is 0 Å². The fraction of sp³-hybridized carbons (Fsp3) is 0.250. The van der Waals surface area contributed by atoms with E-state index in [4.69, 9.17) is 22.2 Å². The van der Waals surface area contributed by atoms with Crippen LogP contribution in [0.4, 0.5) is 24.7 Å². The number of aryl methyl sites for hydroxylation is 1. The Hall–Kier alpha value is -3.11. The van der Waals surface area contributed by atoms with Crippen molar-refractivity contribution >= 4 is 40.0 Å². The van der Waals surface area contributed by atoms with Gasteiger partial charge in [-0.1, -0.05) is 11.6 Å². The maximum absolute atomic E-state index is 14.3. The van der Waals surface area contributed by atoms with Crippen LogP contribution in [0.2, 0.25) is 5.02 Å². The Balaban J connectivity index is 1.74. The Labute approximate surface area is 181 Å². The number of amidine groups is 1. The number of rotatable bonds is 8. The molecule has 31 heavy (non-hydrogen) atoms. The maximum atomic E-state index is 14.3. The van der Waals surface area contributed by atoms with Crippen LogP contribution in [0.25, 0.3) is 10.9 Å². The highest BCUT2D eigenvalue weighted by atomic mass is 35.5. The van der Waals surface area contributed by atoms with Gasteiger partial charge in [0.1, 0.15) is 5.52 Å². The predicted molar refractivity (Wildman–Crippen MR) is 114 cm³/mol. The number of alkyl halides is 1. The molecule has 0 amide bonds. The van der Waals surface area contributed by atoms with E-state index in [1.54, 1.807) is 25.3 Å². The zero-order valence-corrected chi connectivity index (χ0v) is 17.3. The SMILES string of the molecule is C[C@H](CCc1cc(Nc2nccc3cc(Cl)cnc23)cc(F)c1F)NOC(N)=NCF. The molecule has 1 aromatic carbocycles. The van der Waals surface area contributed by atoms with Gasteiger partial charge < -0.3 is 15.9 Å². The van der Waals surface area contributed by atoms with Gasteiger partial charge in [0.25, 0.3) is 0 Å². The van der Waals surface area contributed by atoms with E-state index in [1.807, 2.05) is 0 Å². The van der Waals surface area contributed by atoms with E-state index in [0.29, 0.717) is 28.5 Å². The maximum Gasteiger partial charge on any atom is 0.304 e. The molecule has 3 aromatic rings. The molecule has 2 heterocycles. The lowest BCUT2D eigenvalue weighted by molar-refractivity contribution is 0.139. The van der Waals surface area contributed by atoms with Crippen LogP contribution in [0.5, 0.6) is 0 Å². The Morgan fingerprint density at radius 1 is 1.29 bits per heavy atom. The lowest BCUT2D eigenvalue weighted by Crippen LogP contribution is -2.33. The van der Waals surface area contributed by atoms with Crippen LogP contribution >= 0.6 is 11.6 Å². The largest absolute Gasteiger partial charge is 0.371 e. The van der Waals surface area contributed by atoms with Crippen LogP contribution < -0.4 is 16.5 Å². The van der Waals surface area contributed by atoms with E-state index in [1.165, 1.54) is 12.3 Å². The highest BCUT2D eigenvalue weighted by molar-refractivity contribution is 6.31. The third-order valence-electron chi connectivity index (χ3n) is 4.36. The molecular formula is C20H20ClF3N6O. The van der Waals surface area contributed by atoms with Crippen LogP contribution in [0.15, 0.2) is 41.7 Å². The summed E-state index contributed by atoms with van der Waals surface area (Å²) in [5.74, 6) is -1.54. The molecule has 0 aliphatic heterocycles. The smallest absolute Gasteiger partial charge is 0.304 e. The molecule has 0 aliphatic carbocycles. The lowest BCUT2D eigenvalue weighted by Gasteiger charge is -2.15. The minimum Gasteiger partial charge on any atom is -0.371 e. The van der Waals surface area contributed by atoms with Crippen molar-refractivity contribution in [3.63, 3.8) is 0 Å². The standard InChI is InChI=1S/C20H20ClF3N6O/c1-11(30-31-20(25)28-10-22)2-3-12-7-15(8-16(23)17(12)24)29-19-18-13(4-5-26-19)6-14(21)9-27-18/h4-9,11,30H,2-3,10H2,1H3,(H2,25,28)(H,26,29)/t11-/m1/s1. The summed E-state index contributed by atoms with van der Waals surface area (Å²) in [5, 5.41) is 4.21. The first kappa shape index (κ1) is 22.6. The number of halogens is 4. The minimum absolute atomic E-state index is 0.165. The van der Waals surface area contributed by atoms with Gasteiger partial charge in [0.05, 0.1) is 5.02 Å². The number of benzene rings is 1. The molecule has 0 saturated heterocycles. The highest BCUT2D eigenvalue weighted by Gasteiger charge is 2.14. The molecule has 0 aliphatic rings. The molecule has 4 N–H and O–H groups in total. The molecule has 3 rings (SSSR count). The Kier molecular flexibility index (Phi) is 7.48. The van der Waals surface area contributed by atoms with E-state index in [-0.39, 0.29) is 24.0 Å². The number of fused-ring (bicyclic) bond motifs is 1. The summed E-state index contributed by atoms with van der Waals surface area (Å²) in [4.78, 5) is 16.6. The van der Waals surface area contributed by atoms with Gasteiger partial charge in [0.15, 0.2) is 24.3 Å². The van der Waals surface area contributed by atoms with Crippen LogP contribution in [0, 0.1) is 11.6 Å². The lowest BCUT2D eigenvalue weighted by atomic mass is 10.0. The predicted octanol–water partition coefficient (Wildman–Crippen LogP) is 4.39. The van der Waals surface area contributed by atoms with Crippen molar-refractivity contribution < 1.29 is 18.0 Å². The molecule has 0 spiro atoms. The topological polar surface area (TPSA) is 97.5 Å². The number of hydrogen-bond acceptors (Lipinski definition) is 6. The van der Waals surface area contributed by atoms with Gasteiger partial charge in [0.2, 0.25) is 0 Å². The molecule has 2 aromatic heterocycles. The Morgan fingerprint density at radius 3 is 2.87 bits per heavy atom. The second-order valence-corrected chi connectivity index (χ2v) is 7.15. The monoisotopic (exact) mass is 452 g/mol. The van der Waals surface area contributed by atoms with E-state index < -0.39 is 18.4 Å².